The summed E-state index contributed by atoms with van der Waals surface area (Å²) >= 11 is 0. The predicted molar refractivity (Wildman–Crippen MR) is 91.9 cm³/mol. The summed E-state index contributed by atoms with van der Waals surface area (Å²) in [6.45, 7) is 3.36. The molecule has 2 saturated carbocycles. The third kappa shape index (κ3) is 2.82. The molecule has 1 saturated heterocycles. The van der Waals surface area contributed by atoms with Crippen molar-refractivity contribution in [1.82, 2.24) is 4.90 Å². The smallest absolute Gasteiger partial charge is 0.225 e. The van der Waals surface area contributed by atoms with E-state index in [0.29, 0.717) is 18.6 Å². The number of benzene rings is 1. The van der Waals surface area contributed by atoms with Crippen molar-refractivity contribution in [3.63, 3.8) is 0 Å². The lowest BCUT2D eigenvalue weighted by Gasteiger charge is -2.52. The molecule has 3 aliphatic rings. The van der Waals surface area contributed by atoms with Gasteiger partial charge in [-0.25, -0.2) is 4.39 Å². The molecule has 1 aliphatic heterocycles. The molecule has 0 bridgehead atoms. The lowest BCUT2D eigenvalue weighted by atomic mass is 9.69. The summed E-state index contributed by atoms with van der Waals surface area (Å²) in [5, 5.41) is 9.82. The van der Waals surface area contributed by atoms with Crippen molar-refractivity contribution >= 4 is 5.91 Å². The van der Waals surface area contributed by atoms with Crippen molar-refractivity contribution in [3.05, 3.63) is 29.6 Å². The van der Waals surface area contributed by atoms with Gasteiger partial charge in [-0.1, -0.05) is 12.1 Å². The van der Waals surface area contributed by atoms with Gasteiger partial charge in [0, 0.05) is 24.4 Å². The maximum Gasteiger partial charge on any atom is 0.225 e. The normalized spacial score (nSPS) is 33.0. The van der Waals surface area contributed by atoms with Crippen LogP contribution in [0.25, 0.3) is 0 Å². The zero-order chi connectivity index (χ0) is 17.8. The Morgan fingerprint density at radius 2 is 2.04 bits per heavy atom. The molecular weight excluding hydrogens is 321 g/mol. The molecule has 136 valence electrons. The number of halogens is 1. The van der Waals surface area contributed by atoms with Crippen LogP contribution in [0.15, 0.2) is 18.2 Å². The van der Waals surface area contributed by atoms with Crippen LogP contribution in [0.3, 0.4) is 0 Å². The molecule has 4 nitrogen and oxygen atoms in total. The van der Waals surface area contributed by atoms with Gasteiger partial charge in [-0.15, -0.1) is 0 Å². The Balaban J connectivity index is 1.37. The fourth-order valence-corrected chi connectivity index (χ4v) is 5.11. The van der Waals surface area contributed by atoms with Crippen LogP contribution in [0.5, 0.6) is 5.75 Å². The highest BCUT2D eigenvalue weighted by atomic mass is 19.1. The molecule has 1 atom stereocenters. The van der Waals surface area contributed by atoms with Crippen molar-refractivity contribution in [2.45, 2.75) is 50.5 Å². The summed E-state index contributed by atoms with van der Waals surface area (Å²) in [5.74, 6) is 0.447. The van der Waals surface area contributed by atoms with E-state index in [2.05, 4.69) is 0 Å². The zero-order valence-corrected chi connectivity index (χ0v) is 14.9. The number of carbonyl (C=O) groups excluding carboxylic acids is 1. The summed E-state index contributed by atoms with van der Waals surface area (Å²) in [6, 6.07) is 5.36. The van der Waals surface area contributed by atoms with Crippen LogP contribution in [0.4, 0.5) is 4.39 Å². The third-order valence-electron chi connectivity index (χ3n) is 6.44. The van der Waals surface area contributed by atoms with E-state index in [9.17, 15) is 14.3 Å². The van der Waals surface area contributed by atoms with Gasteiger partial charge in [0.25, 0.3) is 0 Å². The van der Waals surface area contributed by atoms with Gasteiger partial charge in [0.2, 0.25) is 5.91 Å². The average Bonchev–Trinajstić information content (AvgIpc) is 2.96. The Hall–Kier alpha value is -1.62. The van der Waals surface area contributed by atoms with Gasteiger partial charge < -0.3 is 14.7 Å². The van der Waals surface area contributed by atoms with Gasteiger partial charge >= 0.3 is 0 Å². The molecule has 4 rings (SSSR count). The molecule has 1 heterocycles. The maximum atomic E-state index is 14.5. The van der Waals surface area contributed by atoms with Gasteiger partial charge in [-0.05, 0) is 56.6 Å². The highest BCUT2D eigenvalue weighted by Crippen LogP contribution is 2.53. The first-order valence-electron chi connectivity index (χ1n) is 9.16. The summed E-state index contributed by atoms with van der Waals surface area (Å²) in [5.41, 5.74) is 0.240. The highest BCUT2D eigenvalue weighted by Gasteiger charge is 2.53. The number of likely N-dealkylation sites (tertiary alicyclic amines) is 1. The number of nitrogens with zero attached hydrogens (tertiary/aromatic N) is 1. The molecular formula is C20H26FNO3. The first-order chi connectivity index (χ1) is 11.8. The SMILES string of the molecule is COc1cccc(C2CCC3(C2)CN(C(=O)[C@H]2C[C@@](C)(O)C2)C3)c1F. The van der Waals surface area contributed by atoms with Gasteiger partial charge in [-0.3, -0.25) is 4.79 Å². The minimum absolute atomic E-state index is 0.0135. The molecule has 1 N–H and O–H groups in total. The van der Waals surface area contributed by atoms with E-state index in [1.807, 2.05) is 17.0 Å². The number of hydrogen-bond donors (Lipinski definition) is 1. The first-order valence-corrected chi connectivity index (χ1v) is 9.16. The minimum Gasteiger partial charge on any atom is -0.494 e. The van der Waals surface area contributed by atoms with E-state index >= 15 is 0 Å². The van der Waals surface area contributed by atoms with Crippen molar-refractivity contribution in [2.75, 3.05) is 20.2 Å². The zero-order valence-electron chi connectivity index (χ0n) is 14.9. The van der Waals surface area contributed by atoms with Gasteiger partial charge in [0.15, 0.2) is 11.6 Å². The molecule has 1 spiro atoms. The first kappa shape index (κ1) is 16.8. The van der Waals surface area contributed by atoms with Crippen LogP contribution in [0.1, 0.15) is 50.5 Å². The molecule has 1 amide bonds. The Bertz CT molecular complexity index is 688. The van der Waals surface area contributed by atoms with Gasteiger partial charge in [0.1, 0.15) is 0 Å². The quantitative estimate of drug-likeness (QED) is 0.914. The van der Waals surface area contributed by atoms with Crippen LogP contribution >= 0.6 is 0 Å². The van der Waals surface area contributed by atoms with Crippen molar-refractivity contribution < 1.29 is 19.0 Å². The molecule has 1 aromatic rings. The number of aliphatic hydroxyl groups is 1. The fraction of sp³-hybridized carbons (Fsp3) is 0.650. The highest BCUT2D eigenvalue weighted by molar-refractivity contribution is 5.81. The standard InChI is InChI=1S/C20H26FNO3/c1-19(24)8-14(9-19)18(23)22-11-20(12-22)7-6-13(10-20)15-4-3-5-16(25-2)17(15)21/h3-5,13-14,24H,6-12H2,1-2H3/t13?,14-,19+. The van der Waals surface area contributed by atoms with Crippen LogP contribution in [0.2, 0.25) is 0 Å². The number of amides is 1. The molecule has 5 heteroatoms. The molecule has 2 aliphatic carbocycles. The summed E-state index contributed by atoms with van der Waals surface area (Å²) in [4.78, 5) is 14.4. The topological polar surface area (TPSA) is 49.8 Å². The number of hydrogen-bond acceptors (Lipinski definition) is 3. The van der Waals surface area contributed by atoms with E-state index in [4.69, 9.17) is 4.74 Å². The van der Waals surface area contributed by atoms with E-state index in [0.717, 1.165) is 37.9 Å². The minimum atomic E-state index is -0.661. The second kappa shape index (κ2) is 5.70. The van der Waals surface area contributed by atoms with E-state index in [1.54, 1.807) is 13.0 Å². The predicted octanol–water partition coefficient (Wildman–Crippen LogP) is 3.09. The van der Waals surface area contributed by atoms with Gasteiger partial charge in [-0.2, -0.15) is 0 Å². The van der Waals surface area contributed by atoms with Crippen molar-refractivity contribution in [2.24, 2.45) is 11.3 Å². The summed E-state index contributed by atoms with van der Waals surface area (Å²) in [6.07, 6.45) is 4.09. The Kier molecular flexibility index (Phi) is 3.83. The molecule has 3 fully saturated rings. The molecule has 1 unspecified atom stereocenters. The van der Waals surface area contributed by atoms with Crippen LogP contribution in [-0.2, 0) is 4.79 Å². The van der Waals surface area contributed by atoms with E-state index in [1.165, 1.54) is 7.11 Å². The number of methoxy groups -OCH3 is 1. The lowest BCUT2D eigenvalue weighted by molar-refractivity contribution is -0.161. The summed E-state index contributed by atoms with van der Waals surface area (Å²) < 4.78 is 19.6. The number of carbonyl (C=O) groups is 1. The molecule has 1 aromatic carbocycles. The monoisotopic (exact) mass is 347 g/mol. The van der Waals surface area contributed by atoms with E-state index < -0.39 is 5.60 Å². The largest absolute Gasteiger partial charge is 0.494 e. The Labute approximate surface area is 148 Å². The van der Waals surface area contributed by atoms with Crippen molar-refractivity contribution in [1.29, 1.82) is 0 Å². The molecule has 0 radical (unpaired) electrons. The molecule has 0 aromatic heterocycles. The Morgan fingerprint density at radius 3 is 2.68 bits per heavy atom. The number of rotatable bonds is 3. The Morgan fingerprint density at radius 1 is 1.32 bits per heavy atom. The van der Waals surface area contributed by atoms with Crippen LogP contribution < -0.4 is 4.74 Å². The average molecular weight is 347 g/mol. The summed E-state index contributed by atoms with van der Waals surface area (Å²) in [7, 11) is 1.49. The number of ether oxygens (including phenoxy) is 1. The third-order valence-corrected chi connectivity index (χ3v) is 6.44. The lowest BCUT2D eigenvalue weighted by Crippen LogP contribution is -2.61. The van der Waals surface area contributed by atoms with Crippen LogP contribution in [-0.4, -0.2) is 41.7 Å². The van der Waals surface area contributed by atoms with E-state index in [-0.39, 0.29) is 29.0 Å². The second-order valence-electron chi connectivity index (χ2n) is 8.60. The van der Waals surface area contributed by atoms with Crippen LogP contribution in [0, 0.1) is 17.2 Å². The fourth-order valence-electron chi connectivity index (χ4n) is 5.11. The molecule has 25 heavy (non-hydrogen) atoms. The maximum absolute atomic E-state index is 14.5. The van der Waals surface area contributed by atoms with Crippen molar-refractivity contribution in [3.8, 4) is 5.75 Å². The van der Waals surface area contributed by atoms with Gasteiger partial charge in [0.05, 0.1) is 12.7 Å². The second-order valence-corrected chi connectivity index (χ2v) is 8.60.